The number of amides is 2. The zero-order chi connectivity index (χ0) is 17.5. The highest BCUT2D eigenvalue weighted by Gasteiger charge is 2.13. The molecule has 2 rings (SSSR count). The van der Waals surface area contributed by atoms with Crippen LogP contribution in [0.25, 0.3) is 6.08 Å². The van der Waals surface area contributed by atoms with Crippen LogP contribution in [0.1, 0.15) is 5.56 Å². The first-order chi connectivity index (χ1) is 11.5. The van der Waals surface area contributed by atoms with Gasteiger partial charge in [-0.2, -0.15) is 0 Å². The van der Waals surface area contributed by atoms with Crippen LogP contribution in [0.3, 0.4) is 0 Å². The van der Waals surface area contributed by atoms with E-state index in [1.54, 1.807) is 30.3 Å². The summed E-state index contributed by atoms with van der Waals surface area (Å²) in [5, 5.41) is 16.4. The number of hydrogen-bond acceptors (Lipinski definition) is 4. The number of nitro benzene ring substituents is 1. The third-order valence-corrected chi connectivity index (χ3v) is 3.25. The fourth-order valence-corrected chi connectivity index (χ4v) is 1.98. The molecule has 0 saturated heterocycles. The molecule has 0 heterocycles. The van der Waals surface area contributed by atoms with Crippen molar-refractivity contribution in [2.24, 2.45) is 0 Å². The van der Waals surface area contributed by atoms with Gasteiger partial charge in [-0.15, -0.1) is 0 Å². The van der Waals surface area contributed by atoms with Gasteiger partial charge >= 0.3 is 6.03 Å². The Morgan fingerprint density at radius 2 is 1.96 bits per heavy atom. The lowest BCUT2D eigenvalue weighted by molar-refractivity contribution is -0.384. The van der Waals surface area contributed by atoms with Gasteiger partial charge in [0.15, 0.2) is 0 Å². The van der Waals surface area contributed by atoms with Gasteiger partial charge in [-0.05, 0) is 29.8 Å². The van der Waals surface area contributed by atoms with Crippen molar-refractivity contribution in [3.8, 4) is 5.75 Å². The van der Waals surface area contributed by atoms with Crippen LogP contribution in [0, 0.1) is 10.1 Å². The molecule has 0 aliphatic heterocycles. The minimum absolute atomic E-state index is 0.150. The number of nitro groups is 1. The van der Waals surface area contributed by atoms with E-state index in [0.717, 1.165) is 5.56 Å². The third-order valence-electron chi connectivity index (χ3n) is 3.00. The number of halogens is 1. The smallest absolute Gasteiger partial charge is 0.323 e. The highest BCUT2D eigenvalue weighted by atomic mass is 35.5. The first-order valence-electron chi connectivity index (χ1n) is 6.81. The number of urea groups is 1. The van der Waals surface area contributed by atoms with E-state index < -0.39 is 11.0 Å². The van der Waals surface area contributed by atoms with E-state index in [0.29, 0.717) is 10.8 Å². The van der Waals surface area contributed by atoms with Crippen molar-refractivity contribution >= 4 is 35.1 Å². The van der Waals surface area contributed by atoms with Gasteiger partial charge in [0.05, 0.1) is 17.7 Å². The molecule has 124 valence electrons. The Bertz CT molecular complexity index is 775. The number of ether oxygens (including phenoxy) is 1. The molecule has 2 aromatic rings. The van der Waals surface area contributed by atoms with Gasteiger partial charge in [0.25, 0.3) is 5.69 Å². The molecule has 0 atom stereocenters. The third kappa shape index (κ3) is 4.72. The van der Waals surface area contributed by atoms with E-state index in [9.17, 15) is 14.9 Å². The molecule has 0 aliphatic rings. The van der Waals surface area contributed by atoms with Crippen LogP contribution in [-0.2, 0) is 0 Å². The van der Waals surface area contributed by atoms with E-state index in [2.05, 4.69) is 10.6 Å². The van der Waals surface area contributed by atoms with E-state index in [-0.39, 0.29) is 11.4 Å². The number of non-ortho nitro benzene ring substituents is 1. The van der Waals surface area contributed by atoms with Gasteiger partial charge in [0.2, 0.25) is 0 Å². The van der Waals surface area contributed by atoms with Gasteiger partial charge in [0.1, 0.15) is 5.75 Å². The highest BCUT2D eigenvalue weighted by Crippen LogP contribution is 2.28. The average molecular weight is 348 g/mol. The molecule has 0 bridgehead atoms. The van der Waals surface area contributed by atoms with Crippen LogP contribution in [0.2, 0.25) is 5.02 Å². The maximum absolute atomic E-state index is 11.9. The summed E-state index contributed by atoms with van der Waals surface area (Å²) in [6.07, 6.45) is 3.13. The van der Waals surface area contributed by atoms with Gasteiger partial charge in [0, 0.05) is 23.4 Å². The van der Waals surface area contributed by atoms with Crippen LogP contribution in [0.15, 0.2) is 48.7 Å². The largest absolute Gasteiger partial charge is 0.495 e. The molecule has 0 aromatic heterocycles. The lowest BCUT2D eigenvalue weighted by atomic mass is 10.2. The Morgan fingerprint density at radius 1 is 1.25 bits per heavy atom. The van der Waals surface area contributed by atoms with Crippen molar-refractivity contribution in [1.82, 2.24) is 5.32 Å². The summed E-state index contributed by atoms with van der Waals surface area (Å²) >= 11 is 5.79. The second kappa shape index (κ2) is 7.98. The predicted octanol–water partition coefficient (Wildman–Crippen LogP) is 4.05. The van der Waals surface area contributed by atoms with E-state index in [1.165, 1.54) is 31.5 Å². The Morgan fingerprint density at radius 3 is 2.58 bits per heavy atom. The van der Waals surface area contributed by atoms with Gasteiger partial charge in [-0.1, -0.05) is 23.7 Å². The number of nitrogens with one attached hydrogen (secondary N) is 2. The molecule has 0 spiro atoms. The topological polar surface area (TPSA) is 93.5 Å². The molecule has 0 fully saturated rings. The number of carbonyl (C=O) groups is 1. The van der Waals surface area contributed by atoms with Crippen molar-refractivity contribution < 1.29 is 14.5 Å². The summed E-state index contributed by atoms with van der Waals surface area (Å²) in [6.45, 7) is 0. The molecule has 2 aromatic carbocycles. The van der Waals surface area contributed by atoms with Crippen molar-refractivity contribution in [1.29, 1.82) is 0 Å². The van der Waals surface area contributed by atoms with Gasteiger partial charge < -0.3 is 15.4 Å². The average Bonchev–Trinajstić information content (AvgIpc) is 2.56. The van der Waals surface area contributed by atoms with E-state index >= 15 is 0 Å². The summed E-state index contributed by atoms with van der Waals surface area (Å²) in [5.41, 5.74) is 0.902. The minimum Gasteiger partial charge on any atom is -0.495 e. The molecule has 0 aliphatic carbocycles. The Hall–Kier alpha value is -3.06. The van der Waals surface area contributed by atoms with Crippen LogP contribution in [0.5, 0.6) is 5.75 Å². The number of methoxy groups -OCH3 is 1. The Labute approximate surface area is 143 Å². The van der Waals surface area contributed by atoms with Crippen molar-refractivity contribution in [2.45, 2.75) is 0 Å². The molecule has 8 heteroatoms. The van der Waals surface area contributed by atoms with Crippen molar-refractivity contribution in [3.05, 3.63) is 69.4 Å². The minimum atomic E-state index is -0.556. The Kier molecular flexibility index (Phi) is 5.75. The Balaban J connectivity index is 2.02. The molecule has 7 nitrogen and oxygen atoms in total. The predicted molar refractivity (Wildman–Crippen MR) is 92.3 cm³/mol. The summed E-state index contributed by atoms with van der Waals surface area (Å²) in [7, 11) is 1.41. The van der Waals surface area contributed by atoms with E-state index in [1.807, 2.05) is 0 Å². The zero-order valence-corrected chi connectivity index (χ0v) is 13.4. The first-order valence-corrected chi connectivity index (χ1v) is 7.19. The molecule has 2 amide bonds. The number of benzene rings is 2. The number of carbonyl (C=O) groups excluding carboxylic acids is 1. The van der Waals surface area contributed by atoms with Gasteiger partial charge in [-0.25, -0.2) is 4.79 Å². The molecular formula is C16H14ClN3O4. The second-order valence-electron chi connectivity index (χ2n) is 4.63. The molecule has 0 radical (unpaired) electrons. The molecule has 0 saturated carbocycles. The lowest BCUT2D eigenvalue weighted by Crippen LogP contribution is -2.24. The van der Waals surface area contributed by atoms with Crippen LogP contribution in [-0.4, -0.2) is 18.1 Å². The zero-order valence-electron chi connectivity index (χ0n) is 12.7. The SMILES string of the molecule is COc1ccc([N+](=O)[O-])cc1NC(=O)N/C=C/c1ccc(Cl)cc1. The maximum atomic E-state index is 11.9. The van der Waals surface area contributed by atoms with Crippen LogP contribution < -0.4 is 15.4 Å². The fraction of sp³-hybridized carbons (Fsp3) is 0.0625. The molecule has 24 heavy (non-hydrogen) atoms. The first kappa shape index (κ1) is 17.3. The summed E-state index contributed by atoms with van der Waals surface area (Å²) in [5.74, 6) is 0.317. The summed E-state index contributed by atoms with van der Waals surface area (Å²) < 4.78 is 5.07. The maximum Gasteiger partial charge on any atom is 0.323 e. The van der Waals surface area contributed by atoms with Gasteiger partial charge in [-0.3, -0.25) is 10.1 Å². The van der Waals surface area contributed by atoms with Crippen LogP contribution >= 0.6 is 11.6 Å². The number of rotatable bonds is 5. The fourth-order valence-electron chi connectivity index (χ4n) is 1.85. The monoisotopic (exact) mass is 347 g/mol. The molecule has 0 unspecified atom stereocenters. The lowest BCUT2D eigenvalue weighted by Gasteiger charge is -2.09. The number of hydrogen-bond donors (Lipinski definition) is 2. The number of anilines is 1. The number of nitrogens with zero attached hydrogens (tertiary/aromatic N) is 1. The van der Waals surface area contributed by atoms with Crippen molar-refractivity contribution in [2.75, 3.05) is 12.4 Å². The van der Waals surface area contributed by atoms with Crippen LogP contribution in [0.4, 0.5) is 16.2 Å². The quantitative estimate of drug-likeness (QED) is 0.630. The summed E-state index contributed by atoms with van der Waals surface area (Å²) in [4.78, 5) is 22.1. The standard InChI is InChI=1S/C16H14ClN3O4/c1-24-15-7-6-13(20(22)23)10-14(15)19-16(21)18-9-8-11-2-4-12(17)5-3-11/h2-10H,1H3,(H2,18,19,21)/b9-8+. The highest BCUT2D eigenvalue weighted by molar-refractivity contribution is 6.30. The van der Waals surface area contributed by atoms with Crippen molar-refractivity contribution in [3.63, 3.8) is 0 Å². The summed E-state index contributed by atoms with van der Waals surface area (Å²) in [6, 6.07) is 10.4. The molecular weight excluding hydrogens is 334 g/mol. The normalized spacial score (nSPS) is 10.4. The molecule has 2 N–H and O–H groups in total. The second-order valence-corrected chi connectivity index (χ2v) is 5.06. The van der Waals surface area contributed by atoms with E-state index in [4.69, 9.17) is 16.3 Å².